The zero-order valence-corrected chi connectivity index (χ0v) is 13.0. The van der Waals surface area contributed by atoms with Crippen LogP contribution in [0.15, 0.2) is 36.5 Å². The van der Waals surface area contributed by atoms with Crippen LogP contribution in [0.1, 0.15) is 13.3 Å². The Labute approximate surface area is 133 Å². The third kappa shape index (κ3) is 3.18. The molecule has 3 rings (SSSR count). The topological polar surface area (TPSA) is 76.5 Å². The molecule has 1 N–H and O–H groups in total. The number of carbonyl (C=O) groups is 2. The van der Waals surface area contributed by atoms with Crippen LogP contribution in [0.4, 0.5) is 11.5 Å². The number of hydrogen-bond acceptors (Lipinski definition) is 4. The zero-order valence-electron chi connectivity index (χ0n) is 13.0. The second kappa shape index (κ2) is 6.12. The number of rotatable bonds is 4. The number of benzene rings is 1. The molecule has 1 aromatic carbocycles. The summed E-state index contributed by atoms with van der Waals surface area (Å²) < 4.78 is 7.19. The average molecular weight is 314 g/mol. The number of aryl methyl sites for hydroxylation is 1. The molecular weight excluding hydrogens is 296 g/mol. The van der Waals surface area contributed by atoms with E-state index < -0.39 is 6.10 Å². The molecule has 23 heavy (non-hydrogen) atoms. The SMILES string of the molecule is CC1Oc2ccccc2N(CCC(=O)Nc2ccn(C)n2)C1=O. The third-order valence-electron chi connectivity index (χ3n) is 3.62. The number of fused-ring (bicyclic) bond motifs is 1. The molecule has 7 nitrogen and oxygen atoms in total. The van der Waals surface area contributed by atoms with Gasteiger partial charge in [0.1, 0.15) is 5.75 Å². The molecule has 0 saturated heterocycles. The maximum Gasteiger partial charge on any atom is 0.267 e. The molecule has 0 bridgehead atoms. The van der Waals surface area contributed by atoms with E-state index in [9.17, 15) is 9.59 Å². The average Bonchev–Trinajstić information content (AvgIpc) is 2.93. The second-order valence-electron chi connectivity index (χ2n) is 5.39. The van der Waals surface area contributed by atoms with Gasteiger partial charge in [0, 0.05) is 32.3 Å². The first-order valence-electron chi connectivity index (χ1n) is 7.41. The Morgan fingerprint density at radius 1 is 1.35 bits per heavy atom. The summed E-state index contributed by atoms with van der Waals surface area (Å²) in [4.78, 5) is 25.9. The van der Waals surface area contributed by atoms with E-state index in [0.717, 1.165) is 0 Å². The lowest BCUT2D eigenvalue weighted by Crippen LogP contribution is -2.45. The number of anilines is 2. The van der Waals surface area contributed by atoms with Crippen LogP contribution < -0.4 is 15.0 Å². The smallest absolute Gasteiger partial charge is 0.267 e. The van der Waals surface area contributed by atoms with Gasteiger partial charge in [0.05, 0.1) is 5.69 Å². The minimum atomic E-state index is -0.552. The molecule has 0 fully saturated rings. The summed E-state index contributed by atoms with van der Waals surface area (Å²) in [5, 5.41) is 6.80. The van der Waals surface area contributed by atoms with Gasteiger partial charge in [-0.25, -0.2) is 0 Å². The van der Waals surface area contributed by atoms with Crippen molar-refractivity contribution in [2.75, 3.05) is 16.8 Å². The van der Waals surface area contributed by atoms with Crippen molar-refractivity contribution in [2.45, 2.75) is 19.4 Å². The lowest BCUT2D eigenvalue weighted by molar-refractivity contribution is -0.125. The highest BCUT2D eigenvalue weighted by atomic mass is 16.5. The summed E-state index contributed by atoms with van der Waals surface area (Å²) >= 11 is 0. The first kappa shape index (κ1) is 15.1. The maximum absolute atomic E-state index is 12.3. The summed E-state index contributed by atoms with van der Waals surface area (Å²) in [5.74, 6) is 0.826. The van der Waals surface area contributed by atoms with Crippen molar-refractivity contribution < 1.29 is 14.3 Å². The van der Waals surface area contributed by atoms with Crippen molar-refractivity contribution in [3.63, 3.8) is 0 Å². The molecule has 1 aliphatic rings. The maximum atomic E-state index is 12.3. The molecule has 1 unspecified atom stereocenters. The van der Waals surface area contributed by atoms with Crippen molar-refractivity contribution in [3.8, 4) is 5.75 Å². The van der Waals surface area contributed by atoms with Crippen LogP contribution >= 0.6 is 0 Å². The molecule has 1 atom stereocenters. The number of nitrogens with zero attached hydrogens (tertiary/aromatic N) is 3. The van der Waals surface area contributed by atoms with E-state index in [-0.39, 0.29) is 18.2 Å². The van der Waals surface area contributed by atoms with Crippen LogP contribution in [-0.4, -0.2) is 34.2 Å². The van der Waals surface area contributed by atoms with Crippen molar-refractivity contribution in [1.82, 2.24) is 9.78 Å². The lowest BCUT2D eigenvalue weighted by Gasteiger charge is -2.32. The summed E-state index contributed by atoms with van der Waals surface area (Å²) in [6.45, 7) is 2.00. The summed E-state index contributed by atoms with van der Waals surface area (Å²) in [6, 6.07) is 9.05. The van der Waals surface area contributed by atoms with Gasteiger partial charge in [-0.2, -0.15) is 5.10 Å². The van der Waals surface area contributed by atoms with E-state index in [1.54, 1.807) is 35.8 Å². The summed E-state index contributed by atoms with van der Waals surface area (Å²) in [5.41, 5.74) is 0.696. The molecule has 0 radical (unpaired) electrons. The molecule has 2 aromatic rings. The van der Waals surface area contributed by atoms with Gasteiger partial charge in [-0.05, 0) is 19.1 Å². The number of hydrogen-bond donors (Lipinski definition) is 1. The molecule has 0 saturated carbocycles. The standard InChI is InChI=1S/C16H18N4O3/c1-11-16(22)20(12-5-3-4-6-13(12)23-11)10-8-15(21)17-14-7-9-19(2)18-14/h3-7,9,11H,8,10H2,1-2H3,(H,17,18,21). The lowest BCUT2D eigenvalue weighted by atomic mass is 10.1. The van der Waals surface area contributed by atoms with Crippen LogP contribution in [-0.2, 0) is 16.6 Å². The molecular formula is C16H18N4O3. The van der Waals surface area contributed by atoms with E-state index in [0.29, 0.717) is 23.8 Å². The third-order valence-corrected chi connectivity index (χ3v) is 3.62. The Balaban J connectivity index is 1.67. The number of para-hydroxylation sites is 2. The summed E-state index contributed by atoms with van der Waals surface area (Å²) in [6.07, 6.45) is 1.38. The number of carbonyl (C=O) groups excluding carboxylic acids is 2. The van der Waals surface area contributed by atoms with E-state index in [2.05, 4.69) is 10.4 Å². The highest BCUT2D eigenvalue weighted by Gasteiger charge is 2.31. The van der Waals surface area contributed by atoms with Gasteiger partial charge in [-0.1, -0.05) is 12.1 Å². The molecule has 0 aliphatic carbocycles. The number of nitrogens with one attached hydrogen (secondary N) is 1. The Kier molecular flexibility index (Phi) is 4.01. The van der Waals surface area contributed by atoms with Gasteiger partial charge >= 0.3 is 0 Å². The van der Waals surface area contributed by atoms with E-state index in [1.807, 2.05) is 24.3 Å². The Morgan fingerprint density at radius 2 is 2.13 bits per heavy atom. The fraction of sp³-hybridized carbons (Fsp3) is 0.312. The zero-order chi connectivity index (χ0) is 16.4. The molecule has 1 aromatic heterocycles. The Bertz CT molecular complexity index is 740. The molecule has 1 aliphatic heterocycles. The van der Waals surface area contributed by atoms with Gasteiger partial charge in [0.25, 0.3) is 5.91 Å². The predicted molar refractivity (Wildman–Crippen MR) is 85.3 cm³/mol. The quantitative estimate of drug-likeness (QED) is 0.929. The minimum Gasteiger partial charge on any atom is -0.479 e. The van der Waals surface area contributed by atoms with E-state index >= 15 is 0 Å². The van der Waals surface area contributed by atoms with Gasteiger partial charge in [-0.15, -0.1) is 0 Å². The van der Waals surface area contributed by atoms with Crippen LogP contribution in [0.3, 0.4) is 0 Å². The first-order chi connectivity index (χ1) is 11.0. The van der Waals surface area contributed by atoms with Crippen molar-refractivity contribution >= 4 is 23.3 Å². The molecule has 2 amide bonds. The second-order valence-corrected chi connectivity index (χ2v) is 5.39. The fourth-order valence-electron chi connectivity index (χ4n) is 2.49. The van der Waals surface area contributed by atoms with Crippen LogP contribution in [0.25, 0.3) is 0 Å². The normalized spacial score (nSPS) is 16.7. The Morgan fingerprint density at radius 3 is 2.87 bits per heavy atom. The Hall–Kier alpha value is -2.83. The van der Waals surface area contributed by atoms with Crippen LogP contribution in [0.5, 0.6) is 5.75 Å². The van der Waals surface area contributed by atoms with Crippen LogP contribution in [0, 0.1) is 0 Å². The van der Waals surface area contributed by atoms with Crippen molar-refractivity contribution in [1.29, 1.82) is 0 Å². The predicted octanol–water partition coefficient (Wildman–Crippen LogP) is 1.56. The van der Waals surface area contributed by atoms with Crippen LogP contribution in [0.2, 0.25) is 0 Å². The van der Waals surface area contributed by atoms with E-state index in [1.165, 1.54) is 0 Å². The summed E-state index contributed by atoms with van der Waals surface area (Å²) in [7, 11) is 1.78. The largest absolute Gasteiger partial charge is 0.479 e. The monoisotopic (exact) mass is 314 g/mol. The molecule has 7 heteroatoms. The van der Waals surface area contributed by atoms with Gasteiger partial charge in [0.2, 0.25) is 5.91 Å². The first-order valence-corrected chi connectivity index (χ1v) is 7.41. The van der Waals surface area contributed by atoms with Gasteiger partial charge in [-0.3, -0.25) is 14.3 Å². The van der Waals surface area contributed by atoms with Crippen molar-refractivity contribution in [3.05, 3.63) is 36.5 Å². The highest BCUT2D eigenvalue weighted by molar-refractivity contribution is 6.00. The number of ether oxygens (including phenoxy) is 1. The molecule has 2 heterocycles. The molecule has 120 valence electrons. The highest BCUT2D eigenvalue weighted by Crippen LogP contribution is 2.33. The minimum absolute atomic E-state index is 0.144. The fourth-order valence-corrected chi connectivity index (χ4v) is 2.49. The van der Waals surface area contributed by atoms with Gasteiger partial charge in [0.15, 0.2) is 11.9 Å². The van der Waals surface area contributed by atoms with Gasteiger partial charge < -0.3 is 15.0 Å². The molecule has 0 spiro atoms. The van der Waals surface area contributed by atoms with E-state index in [4.69, 9.17) is 4.74 Å². The number of amides is 2. The van der Waals surface area contributed by atoms with Crippen molar-refractivity contribution in [2.24, 2.45) is 7.05 Å². The number of aromatic nitrogens is 2.